The normalized spacial score (nSPS) is 15.1. The van der Waals surface area contributed by atoms with E-state index in [0.717, 1.165) is 30.0 Å². The average Bonchev–Trinajstić information content (AvgIpc) is 3.10. The maximum absolute atomic E-state index is 12.2. The fourth-order valence-corrected chi connectivity index (χ4v) is 3.92. The molecule has 3 rings (SSSR count). The van der Waals surface area contributed by atoms with Crippen molar-refractivity contribution in [2.24, 2.45) is 0 Å². The van der Waals surface area contributed by atoms with E-state index in [0.29, 0.717) is 19.0 Å². The van der Waals surface area contributed by atoms with Crippen molar-refractivity contribution < 1.29 is 9.53 Å². The highest BCUT2D eigenvalue weighted by Crippen LogP contribution is 2.30. The number of hydrogen-bond donors (Lipinski definition) is 0. The van der Waals surface area contributed by atoms with Gasteiger partial charge in [0.1, 0.15) is 11.3 Å². The van der Waals surface area contributed by atoms with Crippen molar-refractivity contribution in [3.05, 3.63) is 52.0 Å². The first kappa shape index (κ1) is 19.4. The third-order valence-electron chi connectivity index (χ3n) is 4.37. The Morgan fingerprint density at radius 2 is 1.96 bits per heavy atom. The van der Waals surface area contributed by atoms with Crippen molar-refractivity contribution in [2.45, 2.75) is 51.6 Å². The molecule has 27 heavy (non-hydrogen) atoms. The van der Waals surface area contributed by atoms with Crippen LogP contribution in [0, 0.1) is 11.8 Å². The van der Waals surface area contributed by atoms with Gasteiger partial charge in [0.25, 0.3) is 0 Å². The van der Waals surface area contributed by atoms with Gasteiger partial charge in [-0.1, -0.05) is 36.3 Å². The van der Waals surface area contributed by atoms with Crippen molar-refractivity contribution in [3.63, 3.8) is 0 Å². The topological polar surface area (TPSA) is 42.4 Å². The molecule has 2 aromatic rings. The fourth-order valence-electron chi connectivity index (χ4n) is 3.00. The number of nitrogens with zero attached hydrogens (tertiary/aromatic N) is 2. The number of aromatic nitrogens is 1. The number of carbonyl (C=O) groups excluding carboxylic acids is 1. The maximum atomic E-state index is 12.2. The number of benzene rings is 1. The van der Waals surface area contributed by atoms with Crippen molar-refractivity contribution >= 4 is 17.4 Å². The predicted octanol–water partition coefficient (Wildman–Crippen LogP) is 4.85. The van der Waals surface area contributed by atoms with Gasteiger partial charge in [0.15, 0.2) is 0 Å². The van der Waals surface area contributed by atoms with E-state index >= 15 is 0 Å². The predicted molar refractivity (Wildman–Crippen MR) is 109 cm³/mol. The largest absolute Gasteiger partial charge is 0.444 e. The van der Waals surface area contributed by atoms with Crippen LogP contribution in [0.2, 0.25) is 0 Å². The number of thiazole rings is 1. The van der Waals surface area contributed by atoms with E-state index in [1.807, 2.05) is 44.4 Å². The molecule has 0 unspecified atom stereocenters. The van der Waals surface area contributed by atoms with Gasteiger partial charge in [-0.05, 0) is 45.1 Å². The molecule has 1 aliphatic rings. The van der Waals surface area contributed by atoms with Crippen LogP contribution in [0.3, 0.4) is 0 Å². The lowest BCUT2D eigenvalue weighted by atomic mass is 9.98. The van der Waals surface area contributed by atoms with Crippen LogP contribution >= 0.6 is 11.3 Å². The second-order valence-electron chi connectivity index (χ2n) is 7.78. The lowest BCUT2D eigenvalue weighted by molar-refractivity contribution is 0.0205. The van der Waals surface area contributed by atoms with Gasteiger partial charge in [0.2, 0.25) is 0 Å². The Morgan fingerprint density at radius 3 is 2.63 bits per heavy atom. The number of piperidine rings is 1. The zero-order valence-electron chi connectivity index (χ0n) is 16.2. The van der Waals surface area contributed by atoms with E-state index in [2.05, 4.69) is 24.0 Å². The van der Waals surface area contributed by atoms with Gasteiger partial charge in [-0.15, -0.1) is 11.3 Å². The van der Waals surface area contributed by atoms with Crippen LogP contribution in [0.4, 0.5) is 4.79 Å². The van der Waals surface area contributed by atoms with Gasteiger partial charge >= 0.3 is 6.09 Å². The molecule has 0 N–H and O–H groups in total. The van der Waals surface area contributed by atoms with Crippen LogP contribution in [-0.4, -0.2) is 34.7 Å². The summed E-state index contributed by atoms with van der Waals surface area (Å²) in [6.07, 6.45) is 2.36. The highest BCUT2D eigenvalue weighted by atomic mass is 32.1. The highest BCUT2D eigenvalue weighted by Gasteiger charge is 2.28. The number of rotatable bonds is 2. The van der Waals surface area contributed by atoms with Gasteiger partial charge in [-0.3, -0.25) is 0 Å². The molecule has 1 fully saturated rings. The van der Waals surface area contributed by atoms with Crippen LogP contribution in [-0.2, 0) is 11.2 Å². The molecule has 1 saturated heterocycles. The second-order valence-corrected chi connectivity index (χ2v) is 8.67. The summed E-state index contributed by atoms with van der Waals surface area (Å²) in [5.41, 5.74) is 1.62. The van der Waals surface area contributed by atoms with Crippen molar-refractivity contribution in [1.82, 2.24) is 9.88 Å². The Bertz CT molecular complexity index is 819. The molecule has 1 amide bonds. The van der Waals surface area contributed by atoms with Crippen LogP contribution in [0.5, 0.6) is 0 Å². The first-order valence-electron chi connectivity index (χ1n) is 9.37. The van der Waals surface area contributed by atoms with E-state index in [1.165, 1.54) is 5.56 Å². The number of amides is 1. The van der Waals surface area contributed by atoms with E-state index in [-0.39, 0.29) is 6.09 Å². The van der Waals surface area contributed by atoms with Crippen LogP contribution in [0.25, 0.3) is 0 Å². The Hall–Kier alpha value is -2.32. The lowest BCUT2D eigenvalue weighted by Crippen LogP contribution is -2.41. The highest BCUT2D eigenvalue weighted by molar-refractivity contribution is 7.09. The number of likely N-dealkylation sites (tertiary alicyclic amines) is 1. The quantitative estimate of drug-likeness (QED) is 0.697. The molecule has 0 spiro atoms. The summed E-state index contributed by atoms with van der Waals surface area (Å²) >= 11 is 1.67. The fraction of sp³-hybridized carbons (Fsp3) is 0.455. The van der Waals surface area contributed by atoms with E-state index in [4.69, 9.17) is 9.72 Å². The summed E-state index contributed by atoms with van der Waals surface area (Å²) in [7, 11) is 0. The van der Waals surface area contributed by atoms with Gasteiger partial charge in [-0.25, -0.2) is 9.78 Å². The minimum atomic E-state index is -0.448. The molecule has 0 aliphatic carbocycles. The third kappa shape index (κ3) is 5.83. The Balaban J connectivity index is 1.52. The monoisotopic (exact) mass is 382 g/mol. The Labute approximate surface area is 165 Å². The van der Waals surface area contributed by atoms with E-state index < -0.39 is 5.60 Å². The molecular weight excluding hydrogens is 356 g/mol. The van der Waals surface area contributed by atoms with Crippen LogP contribution in [0.1, 0.15) is 55.8 Å². The second kappa shape index (κ2) is 8.58. The minimum absolute atomic E-state index is 0.215. The first-order valence-corrected chi connectivity index (χ1v) is 10.2. The smallest absolute Gasteiger partial charge is 0.410 e. The molecule has 1 aromatic heterocycles. The summed E-state index contributed by atoms with van der Waals surface area (Å²) in [5.74, 6) is 6.77. The molecule has 1 aromatic carbocycles. The molecule has 4 nitrogen and oxygen atoms in total. The number of hydrogen-bond acceptors (Lipinski definition) is 4. The van der Waals surface area contributed by atoms with Crippen molar-refractivity contribution in [2.75, 3.05) is 13.1 Å². The standard InChI is InChI=1S/C22H26N2O2S/c1-22(2,3)26-21(25)24-14-12-18(13-15-24)20-23-19(16-27-20)11-7-10-17-8-5-4-6-9-17/h4-6,8-9,16,18H,10,12-15H2,1-3H3. The van der Waals surface area contributed by atoms with Gasteiger partial charge in [-0.2, -0.15) is 0 Å². The summed E-state index contributed by atoms with van der Waals surface area (Å²) in [5, 5.41) is 3.16. The zero-order chi connectivity index (χ0) is 19.3. The summed E-state index contributed by atoms with van der Waals surface area (Å²) < 4.78 is 5.46. The minimum Gasteiger partial charge on any atom is -0.444 e. The van der Waals surface area contributed by atoms with Gasteiger partial charge in [0.05, 0.1) is 5.01 Å². The molecule has 2 heterocycles. The van der Waals surface area contributed by atoms with Crippen molar-refractivity contribution in [3.8, 4) is 11.8 Å². The summed E-state index contributed by atoms with van der Waals surface area (Å²) in [6, 6.07) is 10.2. The molecule has 0 saturated carbocycles. The number of carbonyl (C=O) groups is 1. The molecule has 5 heteroatoms. The average molecular weight is 383 g/mol. The Morgan fingerprint density at radius 1 is 1.26 bits per heavy atom. The molecule has 142 valence electrons. The Kier molecular flexibility index (Phi) is 6.18. The third-order valence-corrected chi connectivity index (χ3v) is 5.38. The maximum Gasteiger partial charge on any atom is 0.410 e. The SMILES string of the molecule is CC(C)(C)OC(=O)N1CCC(c2nc(C#CCc3ccccc3)cs2)CC1. The number of ether oxygens (including phenoxy) is 1. The van der Waals surface area contributed by atoms with Gasteiger partial charge < -0.3 is 9.64 Å². The molecule has 0 bridgehead atoms. The van der Waals surface area contributed by atoms with Crippen LogP contribution < -0.4 is 0 Å². The first-order chi connectivity index (χ1) is 12.9. The lowest BCUT2D eigenvalue weighted by Gasteiger charge is -2.32. The summed E-state index contributed by atoms with van der Waals surface area (Å²) in [4.78, 5) is 18.7. The molecule has 0 atom stereocenters. The van der Waals surface area contributed by atoms with Crippen LogP contribution in [0.15, 0.2) is 35.7 Å². The van der Waals surface area contributed by atoms with E-state index in [9.17, 15) is 4.79 Å². The molecule has 0 radical (unpaired) electrons. The molecular formula is C22H26N2O2S. The summed E-state index contributed by atoms with van der Waals surface area (Å²) in [6.45, 7) is 7.12. The van der Waals surface area contributed by atoms with Crippen molar-refractivity contribution in [1.29, 1.82) is 0 Å². The molecule has 1 aliphatic heterocycles. The van der Waals surface area contributed by atoms with Gasteiger partial charge in [0, 0.05) is 30.8 Å². The zero-order valence-corrected chi connectivity index (χ0v) is 17.0. The van der Waals surface area contributed by atoms with E-state index in [1.54, 1.807) is 16.2 Å².